The first-order chi connectivity index (χ1) is 13.0. The molecule has 136 valence electrons. The number of aryl methyl sites for hydroxylation is 1. The first-order valence-corrected chi connectivity index (χ1v) is 8.35. The van der Waals surface area contributed by atoms with Gasteiger partial charge in [0.05, 0.1) is 24.8 Å². The van der Waals surface area contributed by atoms with Gasteiger partial charge in [0.15, 0.2) is 5.65 Å². The molecule has 1 N–H and O–H groups in total. The van der Waals surface area contributed by atoms with Gasteiger partial charge in [-0.1, -0.05) is 18.2 Å². The Hall–Kier alpha value is -3.68. The number of methoxy groups -OCH3 is 1. The van der Waals surface area contributed by atoms with Gasteiger partial charge in [0.25, 0.3) is 5.69 Å². The zero-order chi connectivity index (χ0) is 19.0. The molecule has 2 aromatic carbocycles. The molecule has 0 atom stereocenters. The maximum Gasteiger partial charge on any atom is 0.270 e. The minimum atomic E-state index is -0.406. The summed E-state index contributed by atoms with van der Waals surface area (Å²) in [5.41, 5.74) is 4.20. The monoisotopic (exact) mass is 363 g/mol. The Labute approximate surface area is 154 Å². The summed E-state index contributed by atoms with van der Waals surface area (Å²) >= 11 is 0. The molecule has 8 nitrogen and oxygen atoms in total. The summed E-state index contributed by atoms with van der Waals surface area (Å²) in [7, 11) is 1.63. The van der Waals surface area contributed by atoms with Crippen LogP contribution in [-0.4, -0.2) is 31.8 Å². The highest BCUT2D eigenvalue weighted by atomic mass is 16.6. The lowest BCUT2D eigenvalue weighted by molar-refractivity contribution is -0.384. The van der Waals surface area contributed by atoms with Crippen molar-refractivity contribution in [3.8, 4) is 17.1 Å². The number of hydrogen-bond acceptors (Lipinski definition) is 5. The van der Waals surface area contributed by atoms with Gasteiger partial charge in [0, 0.05) is 17.7 Å². The van der Waals surface area contributed by atoms with E-state index in [1.54, 1.807) is 24.1 Å². The van der Waals surface area contributed by atoms with Crippen LogP contribution in [-0.2, 0) is 6.54 Å². The van der Waals surface area contributed by atoms with Crippen molar-refractivity contribution in [2.24, 2.45) is 0 Å². The van der Waals surface area contributed by atoms with Gasteiger partial charge in [-0.05, 0) is 30.2 Å². The van der Waals surface area contributed by atoms with Crippen molar-refractivity contribution in [3.05, 3.63) is 69.9 Å². The van der Waals surface area contributed by atoms with E-state index >= 15 is 0 Å². The number of benzene rings is 2. The van der Waals surface area contributed by atoms with Crippen LogP contribution < -0.4 is 4.74 Å². The Morgan fingerprint density at radius 3 is 2.70 bits per heavy atom. The molecule has 4 rings (SSSR count). The molecule has 4 aromatic rings. The number of nitro groups is 1. The number of hydrogen-bond donors (Lipinski definition) is 1. The summed E-state index contributed by atoms with van der Waals surface area (Å²) in [6.07, 6.45) is 1.71. The quantitative estimate of drug-likeness (QED) is 0.430. The number of nitrogens with zero attached hydrogens (tertiary/aromatic N) is 4. The molecule has 0 radical (unpaired) electrons. The van der Waals surface area contributed by atoms with Crippen LogP contribution in [0.5, 0.6) is 5.75 Å². The van der Waals surface area contributed by atoms with Crippen molar-refractivity contribution in [2.75, 3.05) is 7.11 Å². The Kier molecular flexibility index (Phi) is 4.08. The lowest BCUT2D eigenvalue weighted by atomic mass is 10.1. The molecule has 0 bridgehead atoms. The summed E-state index contributed by atoms with van der Waals surface area (Å²) in [4.78, 5) is 18.5. The van der Waals surface area contributed by atoms with E-state index in [0.29, 0.717) is 23.6 Å². The second-order valence-corrected chi connectivity index (χ2v) is 6.23. The second kappa shape index (κ2) is 6.56. The first-order valence-electron chi connectivity index (χ1n) is 8.35. The lowest BCUT2D eigenvalue weighted by Gasteiger charge is -2.04. The molecule has 0 amide bonds. The van der Waals surface area contributed by atoms with Gasteiger partial charge in [-0.2, -0.15) is 5.10 Å². The van der Waals surface area contributed by atoms with Crippen LogP contribution in [0.15, 0.2) is 48.7 Å². The Bertz CT molecular complexity index is 1130. The number of aromatic nitrogens is 4. The highest BCUT2D eigenvalue weighted by Crippen LogP contribution is 2.27. The maximum absolute atomic E-state index is 11.1. The normalized spacial score (nSPS) is 11.0. The minimum absolute atomic E-state index is 0.0379. The number of H-pyrrole nitrogens is 1. The zero-order valence-electron chi connectivity index (χ0n) is 14.8. The molecule has 8 heteroatoms. The molecule has 0 fully saturated rings. The van der Waals surface area contributed by atoms with Crippen LogP contribution in [0.3, 0.4) is 0 Å². The number of nitro benzene ring substituents is 1. The summed E-state index contributed by atoms with van der Waals surface area (Å²) < 4.78 is 6.97. The molecule has 2 heterocycles. The molecule has 0 saturated heterocycles. The van der Waals surface area contributed by atoms with Crippen LogP contribution in [0.4, 0.5) is 5.69 Å². The minimum Gasteiger partial charge on any atom is -0.497 e. The molecule has 0 aliphatic carbocycles. The van der Waals surface area contributed by atoms with Crippen molar-refractivity contribution >= 4 is 16.9 Å². The maximum atomic E-state index is 11.1. The molecule has 0 aliphatic rings. The molecule has 27 heavy (non-hydrogen) atoms. The van der Waals surface area contributed by atoms with Gasteiger partial charge < -0.3 is 9.72 Å². The van der Waals surface area contributed by atoms with Crippen molar-refractivity contribution in [3.63, 3.8) is 0 Å². The lowest BCUT2D eigenvalue weighted by Crippen LogP contribution is -2.02. The number of fused-ring (bicyclic) bond motifs is 1. The van der Waals surface area contributed by atoms with E-state index < -0.39 is 4.92 Å². The van der Waals surface area contributed by atoms with Crippen molar-refractivity contribution in [1.29, 1.82) is 0 Å². The average Bonchev–Trinajstić information content (AvgIpc) is 3.24. The van der Waals surface area contributed by atoms with Gasteiger partial charge in [-0.25, -0.2) is 9.67 Å². The number of imidazole rings is 1. The third kappa shape index (κ3) is 3.12. The summed E-state index contributed by atoms with van der Waals surface area (Å²) in [6, 6.07) is 12.5. The van der Waals surface area contributed by atoms with Crippen LogP contribution in [0.1, 0.15) is 11.1 Å². The highest BCUT2D eigenvalue weighted by Gasteiger charge is 2.15. The van der Waals surface area contributed by atoms with Gasteiger partial charge in [-0.15, -0.1) is 0 Å². The van der Waals surface area contributed by atoms with Crippen molar-refractivity contribution < 1.29 is 9.66 Å². The fourth-order valence-corrected chi connectivity index (χ4v) is 2.97. The molecule has 0 aliphatic heterocycles. The Morgan fingerprint density at radius 2 is 2.00 bits per heavy atom. The summed E-state index contributed by atoms with van der Waals surface area (Å²) in [6.45, 7) is 2.46. The molecular weight excluding hydrogens is 346 g/mol. The third-order valence-corrected chi connectivity index (χ3v) is 4.46. The number of nitrogens with one attached hydrogen (secondary N) is 1. The van der Waals surface area contributed by atoms with Gasteiger partial charge >= 0.3 is 0 Å². The number of non-ortho nitro benzene ring substituents is 1. The molecule has 0 spiro atoms. The van der Waals surface area contributed by atoms with E-state index in [-0.39, 0.29) is 5.69 Å². The van der Waals surface area contributed by atoms with Crippen LogP contribution in [0.25, 0.3) is 22.6 Å². The first kappa shape index (κ1) is 16.8. The summed E-state index contributed by atoms with van der Waals surface area (Å²) in [5, 5.41) is 15.5. The van der Waals surface area contributed by atoms with Crippen molar-refractivity contribution in [2.45, 2.75) is 13.5 Å². The number of rotatable bonds is 5. The molecule has 2 aromatic heterocycles. The van der Waals surface area contributed by atoms with Crippen LogP contribution >= 0.6 is 0 Å². The molecule has 0 saturated carbocycles. The Balaban J connectivity index is 1.70. The van der Waals surface area contributed by atoms with E-state index in [2.05, 4.69) is 15.1 Å². The van der Waals surface area contributed by atoms with E-state index in [4.69, 9.17) is 4.74 Å². The van der Waals surface area contributed by atoms with E-state index in [0.717, 1.165) is 22.4 Å². The smallest absolute Gasteiger partial charge is 0.270 e. The number of ether oxygens (including phenoxy) is 1. The van der Waals surface area contributed by atoms with E-state index in [1.807, 2.05) is 31.2 Å². The number of aromatic amines is 1. The standard InChI is InChI=1S/C19H17N5O3/c1-12-3-6-14(24(25)26)9-16(12)18-21-17-10-20-23(19(17)22-18)11-13-4-7-15(27-2)8-5-13/h3-10H,11H2,1-2H3,(H,21,22). The fourth-order valence-electron chi connectivity index (χ4n) is 2.97. The third-order valence-electron chi connectivity index (χ3n) is 4.46. The average molecular weight is 363 g/mol. The predicted molar refractivity (Wildman–Crippen MR) is 101 cm³/mol. The van der Waals surface area contributed by atoms with Gasteiger partial charge in [-0.3, -0.25) is 10.1 Å². The van der Waals surface area contributed by atoms with E-state index in [9.17, 15) is 10.1 Å². The van der Waals surface area contributed by atoms with Gasteiger partial charge in [0.1, 0.15) is 17.1 Å². The fraction of sp³-hybridized carbons (Fsp3) is 0.158. The molecule has 0 unspecified atom stereocenters. The van der Waals surface area contributed by atoms with Crippen LogP contribution in [0, 0.1) is 17.0 Å². The van der Waals surface area contributed by atoms with Crippen molar-refractivity contribution in [1.82, 2.24) is 19.7 Å². The van der Waals surface area contributed by atoms with Crippen LogP contribution in [0.2, 0.25) is 0 Å². The predicted octanol–water partition coefficient (Wildman–Crippen LogP) is 3.70. The van der Waals surface area contributed by atoms with Gasteiger partial charge in [0.2, 0.25) is 0 Å². The second-order valence-electron chi connectivity index (χ2n) is 6.23. The largest absolute Gasteiger partial charge is 0.497 e. The summed E-state index contributed by atoms with van der Waals surface area (Å²) in [5.74, 6) is 1.39. The molecular formula is C19H17N5O3. The Morgan fingerprint density at radius 1 is 1.22 bits per heavy atom. The zero-order valence-corrected chi connectivity index (χ0v) is 14.8. The SMILES string of the molecule is COc1ccc(Cn2ncc3[nH]c(-c4cc([N+](=O)[O-])ccc4C)nc32)cc1. The van der Waals surface area contributed by atoms with E-state index in [1.165, 1.54) is 12.1 Å². The topological polar surface area (TPSA) is 98.9 Å². The highest BCUT2D eigenvalue weighted by molar-refractivity contribution is 5.77.